The van der Waals surface area contributed by atoms with E-state index in [0.29, 0.717) is 24.2 Å². The van der Waals surface area contributed by atoms with Gasteiger partial charge in [0.25, 0.3) is 5.69 Å². The van der Waals surface area contributed by atoms with Crippen molar-refractivity contribution in [3.8, 4) is 0 Å². The summed E-state index contributed by atoms with van der Waals surface area (Å²) in [5, 5.41) is 18.2. The number of fused-ring (bicyclic) bond motifs is 2. The van der Waals surface area contributed by atoms with Gasteiger partial charge in [0.15, 0.2) is 5.78 Å². The first-order chi connectivity index (χ1) is 13.3. The number of nitro benzene ring substituents is 1. The Hall–Kier alpha value is -2.77. The van der Waals surface area contributed by atoms with E-state index in [2.05, 4.69) is 15.8 Å². The quantitative estimate of drug-likeness (QED) is 0.455. The van der Waals surface area contributed by atoms with Crippen LogP contribution in [0.3, 0.4) is 0 Å². The van der Waals surface area contributed by atoms with Crippen LogP contribution in [0.25, 0.3) is 0 Å². The van der Waals surface area contributed by atoms with Crippen LogP contribution in [0.5, 0.6) is 0 Å². The topological polar surface area (TPSA) is 114 Å². The van der Waals surface area contributed by atoms with Gasteiger partial charge in [-0.15, -0.1) is 0 Å². The number of anilines is 1. The molecule has 0 aromatic heterocycles. The largest absolute Gasteiger partial charge is 0.351 e. The SMILES string of the molecule is CC(C)(C)NC(=O)C12CCC(C)(C(=NNc3ccc([N+](=O)[O-])cc3)C1=O)C2(C)C. The van der Waals surface area contributed by atoms with Crippen LogP contribution in [0.2, 0.25) is 0 Å². The van der Waals surface area contributed by atoms with E-state index >= 15 is 0 Å². The maximum absolute atomic E-state index is 13.5. The predicted molar refractivity (Wildman–Crippen MR) is 111 cm³/mol. The molecule has 2 saturated carbocycles. The number of nitrogens with zero attached hydrogens (tertiary/aromatic N) is 2. The van der Waals surface area contributed by atoms with E-state index in [4.69, 9.17) is 0 Å². The lowest BCUT2D eigenvalue weighted by Crippen LogP contribution is -2.55. The molecule has 2 aliphatic rings. The molecule has 2 bridgehead atoms. The monoisotopic (exact) mass is 400 g/mol. The molecule has 0 heterocycles. The Bertz CT molecular complexity index is 914. The van der Waals surface area contributed by atoms with Crippen LogP contribution < -0.4 is 10.7 Å². The molecule has 156 valence electrons. The minimum absolute atomic E-state index is 0.0231. The van der Waals surface area contributed by atoms with Crippen LogP contribution in [0.15, 0.2) is 29.4 Å². The highest BCUT2D eigenvalue weighted by atomic mass is 16.6. The number of carbonyl (C=O) groups excluding carboxylic acids is 2. The third-order valence-electron chi connectivity index (χ3n) is 6.82. The molecule has 2 N–H and O–H groups in total. The Labute approximate surface area is 170 Å². The molecule has 0 spiro atoms. The second-order valence-electron chi connectivity index (χ2n) is 9.77. The van der Waals surface area contributed by atoms with Gasteiger partial charge < -0.3 is 5.32 Å². The molecule has 1 amide bonds. The number of Topliss-reactive ketones (excluding diaryl/α,β-unsaturated/α-hetero) is 1. The van der Waals surface area contributed by atoms with Gasteiger partial charge >= 0.3 is 0 Å². The van der Waals surface area contributed by atoms with Crippen molar-refractivity contribution < 1.29 is 14.5 Å². The third-order valence-corrected chi connectivity index (χ3v) is 6.82. The first-order valence-electron chi connectivity index (χ1n) is 9.72. The predicted octanol–water partition coefficient (Wildman–Crippen LogP) is 3.67. The molecule has 2 atom stereocenters. The van der Waals surface area contributed by atoms with E-state index in [1.54, 1.807) is 0 Å². The maximum atomic E-state index is 13.5. The van der Waals surface area contributed by atoms with Crippen LogP contribution in [-0.2, 0) is 9.59 Å². The van der Waals surface area contributed by atoms with Gasteiger partial charge in [0.2, 0.25) is 5.91 Å². The Morgan fingerprint density at radius 1 is 1.14 bits per heavy atom. The van der Waals surface area contributed by atoms with Gasteiger partial charge in [-0.2, -0.15) is 5.10 Å². The fourth-order valence-corrected chi connectivity index (χ4v) is 4.70. The minimum Gasteiger partial charge on any atom is -0.351 e. The molecule has 29 heavy (non-hydrogen) atoms. The van der Waals surface area contributed by atoms with Gasteiger partial charge in [0.05, 0.1) is 10.6 Å². The number of hydrogen-bond acceptors (Lipinski definition) is 6. The molecule has 2 aliphatic carbocycles. The molecule has 3 rings (SSSR count). The summed E-state index contributed by atoms with van der Waals surface area (Å²) in [6, 6.07) is 5.81. The van der Waals surface area contributed by atoms with Crippen molar-refractivity contribution in [2.24, 2.45) is 21.3 Å². The highest BCUT2D eigenvalue weighted by molar-refractivity contribution is 6.50. The van der Waals surface area contributed by atoms with Crippen LogP contribution >= 0.6 is 0 Å². The number of non-ortho nitro benzene ring substituents is 1. The van der Waals surface area contributed by atoms with Crippen LogP contribution in [0.1, 0.15) is 54.4 Å². The van der Waals surface area contributed by atoms with Gasteiger partial charge in [-0.05, 0) is 51.2 Å². The highest BCUT2D eigenvalue weighted by Crippen LogP contribution is 2.69. The summed E-state index contributed by atoms with van der Waals surface area (Å²) in [6.45, 7) is 11.6. The molecule has 2 fully saturated rings. The second-order valence-corrected chi connectivity index (χ2v) is 9.77. The van der Waals surface area contributed by atoms with E-state index in [1.165, 1.54) is 24.3 Å². The van der Waals surface area contributed by atoms with Crippen LogP contribution in [0.4, 0.5) is 11.4 Å². The summed E-state index contributed by atoms with van der Waals surface area (Å²) in [7, 11) is 0. The van der Waals surface area contributed by atoms with Gasteiger partial charge in [-0.3, -0.25) is 25.1 Å². The third kappa shape index (κ3) is 2.92. The average molecular weight is 400 g/mol. The van der Waals surface area contributed by atoms with E-state index in [-0.39, 0.29) is 17.4 Å². The number of amides is 1. The maximum Gasteiger partial charge on any atom is 0.269 e. The zero-order chi connectivity index (χ0) is 21.8. The average Bonchev–Trinajstić information content (AvgIpc) is 2.88. The molecule has 1 aromatic rings. The summed E-state index contributed by atoms with van der Waals surface area (Å²) in [6.07, 6.45) is 1.18. The van der Waals surface area contributed by atoms with E-state index in [9.17, 15) is 19.7 Å². The van der Waals surface area contributed by atoms with Gasteiger partial charge in [-0.1, -0.05) is 20.8 Å². The zero-order valence-electron chi connectivity index (χ0n) is 17.8. The standard InChI is InChI=1S/C21H28N4O4/c1-18(2,3)22-17(27)21-12-11-20(6,19(21,4)5)15(16(21)26)24-23-13-7-9-14(10-8-13)25(28)29/h7-10,23H,11-12H2,1-6H3,(H,22,27). The number of rotatable bonds is 4. The summed E-state index contributed by atoms with van der Waals surface area (Å²) < 4.78 is 0. The van der Waals surface area contributed by atoms with Crippen molar-refractivity contribution in [3.05, 3.63) is 34.4 Å². The Balaban J connectivity index is 1.95. The van der Waals surface area contributed by atoms with E-state index < -0.39 is 26.7 Å². The number of benzene rings is 1. The minimum atomic E-state index is -1.15. The smallest absolute Gasteiger partial charge is 0.269 e. The lowest BCUT2D eigenvalue weighted by Gasteiger charge is -2.39. The van der Waals surface area contributed by atoms with E-state index in [0.717, 1.165) is 0 Å². The van der Waals surface area contributed by atoms with Crippen molar-refractivity contribution in [2.45, 2.75) is 59.9 Å². The normalized spacial score (nSPS) is 29.2. The lowest BCUT2D eigenvalue weighted by molar-refractivity contribution is -0.384. The number of hydrazone groups is 1. The van der Waals surface area contributed by atoms with Crippen molar-refractivity contribution in [3.63, 3.8) is 0 Å². The van der Waals surface area contributed by atoms with Gasteiger partial charge in [0, 0.05) is 23.1 Å². The summed E-state index contributed by atoms with van der Waals surface area (Å²) in [4.78, 5) is 37.1. The van der Waals surface area contributed by atoms with Crippen LogP contribution in [-0.4, -0.2) is 27.9 Å². The zero-order valence-corrected chi connectivity index (χ0v) is 17.8. The number of hydrogen-bond donors (Lipinski definition) is 2. The molecule has 0 saturated heterocycles. The van der Waals surface area contributed by atoms with Gasteiger partial charge in [-0.25, -0.2) is 0 Å². The Kier molecular flexibility index (Phi) is 4.60. The van der Waals surface area contributed by atoms with Crippen molar-refractivity contribution in [2.75, 3.05) is 5.43 Å². The fourth-order valence-electron chi connectivity index (χ4n) is 4.70. The number of carbonyl (C=O) groups is 2. The summed E-state index contributed by atoms with van der Waals surface area (Å²) >= 11 is 0. The molecule has 0 aliphatic heterocycles. The molecule has 8 heteroatoms. The summed E-state index contributed by atoms with van der Waals surface area (Å²) in [5.74, 6) is -0.489. The molecule has 0 radical (unpaired) electrons. The first-order valence-corrected chi connectivity index (χ1v) is 9.72. The van der Waals surface area contributed by atoms with Crippen LogP contribution in [0, 0.1) is 26.4 Å². The summed E-state index contributed by atoms with van der Waals surface area (Å²) in [5.41, 5.74) is 0.981. The Morgan fingerprint density at radius 3 is 2.24 bits per heavy atom. The molecular formula is C21H28N4O4. The van der Waals surface area contributed by atoms with Crippen molar-refractivity contribution in [1.29, 1.82) is 0 Å². The second kappa shape index (κ2) is 6.37. The number of nitrogens with one attached hydrogen (secondary N) is 2. The molecular weight excluding hydrogens is 372 g/mol. The fraction of sp³-hybridized carbons (Fsp3) is 0.571. The Morgan fingerprint density at radius 2 is 1.72 bits per heavy atom. The molecule has 8 nitrogen and oxygen atoms in total. The van der Waals surface area contributed by atoms with E-state index in [1.807, 2.05) is 41.5 Å². The van der Waals surface area contributed by atoms with Crippen molar-refractivity contribution in [1.82, 2.24) is 5.32 Å². The number of nitro groups is 1. The van der Waals surface area contributed by atoms with Crippen molar-refractivity contribution >= 4 is 28.8 Å². The highest BCUT2D eigenvalue weighted by Gasteiger charge is 2.76. The first kappa shape index (κ1) is 21.0. The molecule has 2 unspecified atom stereocenters. The van der Waals surface area contributed by atoms with Gasteiger partial charge in [0.1, 0.15) is 11.1 Å². The number of ketones is 1. The lowest BCUT2D eigenvalue weighted by atomic mass is 9.64. The molecule has 1 aromatic carbocycles.